The van der Waals surface area contributed by atoms with Crippen LogP contribution >= 0.6 is 11.3 Å². The zero-order valence-corrected chi connectivity index (χ0v) is 12.3. The topological polar surface area (TPSA) is 75.6 Å². The van der Waals surface area contributed by atoms with E-state index in [1.54, 1.807) is 0 Å². The highest BCUT2D eigenvalue weighted by Crippen LogP contribution is 2.28. The van der Waals surface area contributed by atoms with Crippen LogP contribution in [0.25, 0.3) is 0 Å². The molecule has 0 bridgehead atoms. The number of esters is 1. The predicted octanol–water partition coefficient (Wildman–Crippen LogP) is 1.28. The van der Waals surface area contributed by atoms with Crippen molar-refractivity contribution < 1.29 is 19.4 Å². The van der Waals surface area contributed by atoms with Gasteiger partial charge in [0.05, 0.1) is 18.6 Å². The van der Waals surface area contributed by atoms with E-state index in [0.29, 0.717) is 4.88 Å². The van der Waals surface area contributed by atoms with Gasteiger partial charge in [-0.15, -0.1) is 11.3 Å². The van der Waals surface area contributed by atoms with Crippen molar-refractivity contribution in [2.45, 2.75) is 38.1 Å². The fraction of sp³-hybridized carbons (Fsp3) is 0.571. The molecule has 1 aliphatic carbocycles. The van der Waals surface area contributed by atoms with Crippen LogP contribution < -0.4 is 5.32 Å². The van der Waals surface area contributed by atoms with Gasteiger partial charge in [0.2, 0.25) is 0 Å². The molecule has 0 aromatic carbocycles. The molecule has 0 aliphatic heterocycles. The third-order valence-electron chi connectivity index (χ3n) is 3.44. The molecule has 0 fully saturated rings. The number of ether oxygens (including phenoxy) is 1. The number of methoxy groups -OCH3 is 1. The van der Waals surface area contributed by atoms with Gasteiger partial charge in [-0.3, -0.25) is 4.79 Å². The molecule has 0 unspecified atom stereocenters. The van der Waals surface area contributed by atoms with E-state index in [1.807, 2.05) is 6.07 Å². The number of aryl methyl sites for hydroxylation is 2. The Morgan fingerprint density at radius 3 is 2.85 bits per heavy atom. The van der Waals surface area contributed by atoms with Crippen molar-refractivity contribution in [3.05, 3.63) is 21.4 Å². The minimum atomic E-state index is -1.01. The first kappa shape index (κ1) is 15.0. The number of nitrogens with one attached hydrogen (secondary N) is 1. The van der Waals surface area contributed by atoms with E-state index >= 15 is 0 Å². The zero-order chi connectivity index (χ0) is 14.5. The highest BCUT2D eigenvalue weighted by Gasteiger charge is 2.23. The summed E-state index contributed by atoms with van der Waals surface area (Å²) in [6, 6.07) is 0.904. The lowest BCUT2D eigenvalue weighted by Gasteiger charge is -2.12. The molecule has 20 heavy (non-hydrogen) atoms. The molecule has 0 spiro atoms. The molecule has 2 N–H and O–H groups in total. The van der Waals surface area contributed by atoms with E-state index in [0.717, 1.165) is 25.7 Å². The van der Waals surface area contributed by atoms with Crippen LogP contribution in [0.5, 0.6) is 0 Å². The molecule has 1 aromatic rings. The maximum absolute atomic E-state index is 12.1. The monoisotopic (exact) mass is 297 g/mol. The van der Waals surface area contributed by atoms with Gasteiger partial charge in [0.1, 0.15) is 0 Å². The van der Waals surface area contributed by atoms with Gasteiger partial charge in [-0.2, -0.15) is 0 Å². The van der Waals surface area contributed by atoms with Crippen LogP contribution in [-0.4, -0.2) is 36.7 Å². The Balaban J connectivity index is 2.07. The largest absolute Gasteiger partial charge is 0.467 e. The number of amides is 1. The summed E-state index contributed by atoms with van der Waals surface area (Å²) in [6.45, 7) is -0.469. The van der Waals surface area contributed by atoms with E-state index in [-0.39, 0.29) is 5.91 Å². The van der Waals surface area contributed by atoms with Crippen LogP contribution in [0.4, 0.5) is 0 Å². The third kappa shape index (κ3) is 3.37. The Morgan fingerprint density at radius 1 is 1.40 bits per heavy atom. The summed E-state index contributed by atoms with van der Waals surface area (Å²) >= 11 is 1.48. The molecular formula is C14H19NO4S. The van der Waals surface area contributed by atoms with Gasteiger partial charge in [-0.1, -0.05) is 6.42 Å². The van der Waals surface area contributed by atoms with Crippen LogP contribution in [0.2, 0.25) is 0 Å². The van der Waals surface area contributed by atoms with Gasteiger partial charge in [-0.25, -0.2) is 4.79 Å². The summed E-state index contributed by atoms with van der Waals surface area (Å²) in [5.41, 5.74) is 1.25. The lowest BCUT2D eigenvalue weighted by Crippen LogP contribution is -2.43. The molecule has 1 amide bonds. The number of rotatable bonds is 4. The summed E-state index contributed by atoms with van der Waals surface area (Å²) in [7, 11) is 1.23. The second-order valence-corrected chi connectivity index (χ2v) is 5.99. The summed E-state index contributed by atoms with van der Waals surface area (Å²) in [4.78, 5) is 25.3. The number of carbonyl (C=O) groups excluding carboxylic acids is 2. The number of aliphatic hydroxyl groups is 1. The highest BCUT2D eigenvalue weighted by atomic mass is 32.1. The van der Waals surface area contributed by atoms with Gasteiger partial charge in [0, 0.05) is 4.88 Å². The van der Waals surface area contributed by atoms with E-state index in [1.165, 1.54) is 35.3 Å². The number of hydrogen-bond donors (Lipinski definition) is 2. The van der Waals surface area contributed by atoms with Crippen LogP contribution in [0.3, 0.4) is 0 Å². The normalized spacial score (nSPS) is 15.9. The average molecular weight is 297 g/mol. The number of fused-ring (bicyclic) bond motifs is 1. The van der Waals surface area contributed by atoms with Crippen molar-refractivity contribution in [1.82, 2.24) is 5.32 Å². The van der Waals surface area contributed by atoms with E-state index < -0.39 is 18.6 Å². The molecule has 0 saturated heterocycles. The highest BCUT2D eigenvalue weighted by molar-refractivity contribution is 7.14. The molecular weight excluding hydrogens is 278 g/mol. The molecule has 1 aromatic heterocycles. The molecule has 1 atom stereocenters. The molecule has 5 nitrogen and oxygen atoms in total. The first-order chi connectivity index (χ1) is 9.65. The van der Waals surface area contributed by atoms with Crippen LogP contribution in [0, 0.1) is 0 Å². The van der Waals surface area contributed by atoms with Crippen molar-refractivity contribution in [3.63, 3.8) is 0 Å². The predicted molar refractivity (Wildman–Crippen MR) is 75.9 cm³/mol. The molecule has 1 heterocycles. The third-order valence-corrected chi connectivity index (χ3v) is 4.68. The van der Waals surface area contributed by atoms with Gasteiger partial charge in [0.25, 0.3) is 5.91 Å². The zero-order valence-electron chi connectivity index (χ0n) is 11.5. The molecule has 6 heteroatoms. The van der Waals surface area contributed by atoms with Crippen LogP contribution in [-0.2, 0) is 22.4 Å². The molecule has 1 aliphatic rings. The van der Waals surface area contributed by atoms with Gasteiger partial charge >= 0.3 is 5.97 Å². The van der Waals surface area contributed by atoms with E-state index in [2.05, 4.69) is 10.1 Å². The Labute approximate surface area is 121 Å². The van der Waals surface area contributed by atoms with Crippen molar-refractivity contribution in [3.8, 4) is 0 Å². The lowest BCUT2D eigenvalue weighted by atomic mass is 10.1. The summed E-state index contributed by atoms with van der Waals surface area (Å²) in [5, 5.41) is 11.6. The molecule has 110 valence electrons. The SMILES string of the molecule is COC(=O)[C@H](CO)NC(=O)c1cc2c(s1)CCCCC2. The Hall–Kier alpha value is -1.40. The van der Waals surface area contributed by atoms with Crippen LogP contribution in [0.1, 0.15) is 39.4 Å². The number of aliphatic hydroxyl groups excluding tert-OH is 1. The second kappa shape index (κ2) is 6.85. The Morgan fingerprint density at radius 2 is 2.15 bits per heavy atom. The molecule has 2 rings (SSSR count). The summed E-state index contributed by atoms with van der Waals surface area (Å²) in [5.74, 6) is -0.966. The smallest absolute Gasteiger partial charge is 0.330 e. The first-order valence-electron chi connectivity index (χ1n) is 6.77. The van der Waals surface area contributed by atoms with Gasteiger partial charge in [-0.05, 0) is 37.3 Å². The minimum absolute atomic E-state index is 0.326. The number of thiophene rings is 1. The van der Waals surface area contributed by atoms with Crippen molar-refractivity contribution in [1.29, 1.82) is 0 Å². The summed E-state index contributed by atoms with van der Waals surface area (Å²) in [6.07, 6.45) is 5.59. The van der Waals surface area contributed by atoms with E-state index in [4.69, 9.17) is 5.11 Å². The molecule has 0 saturated carbocycles. The van der Waals surface area contributed by atoms with Crippen molar-refractivity contribution >= 4 is 23.2 Å². The van der Waals surface area contributed by atoms with E-state index in [9.17, 15) is 9.59 Å². The minimum Gasteiger partial charge on any atom is -0.467 e. The Kier molecular flexibility index (Phi) is 5.14. The number of hydrogen-bond acceptors (Lipinski definition) is 5. The maximum Gasteiger partial charge on any atom is 0.330 e. The first-order valence-corrected chi connectivity index (χ1v) is 7.58. The fourth-order valence-corrected chi connectivity index (χ4v) is 3.49. The molecule has 0 radical (unpaired) electrons. The van der Waals surface area contributed by atoms with Crippen molar-refractivity contribution in [2.75, 3.05) is 13.7 Å². The van der Waals surface area contributed by atoms with Crippen LogP contribution in [0.15, 0.2) is 6.07 Å². The summed E-state index contributed by atoms with van der Waals surface area (Å²) < 4.78 is 4.53. The maximum atomic E-state index is 12.1. The second-order valence-electron chi connectivity index (χ2n) is 4.85. The van der Waals surface area contributed by atoms with Gasteiger partial charge in [0.15, 0.2) is 6.04 Å². The van der Waals surface area contributed by atoms with Crippen molar-refractivity contribution in [2.24, 2.45) is 0 Å². The standard InChI is InChI=1S/C14H19NO4S/c1-19-14(18)10(8-16)15-13(17)12-7-9-5-3-2-4-6-11(9)20-12/h7,10,16H,2-6,8H2,1H3,(H,15,17)/t10-/m0/s1. The fourth-order valence-electron chi connectivity index (χ4n) is 2.33. The Bertz CT molecular complexity index is 474. The lowest BCUT2D eigenvalue weighted by molar-refractivity contribution is -0.143. The quantitative estimate of drug-likeness (QED) is 0.648. The average Bonchev–Trinajstić information content (AvgIpc) is 2.75. The number of carbonyl (C=O) groups is 2. The van der Waals surface area contributed by atoms with Gasteiger partial charge < -0.3 is 15.2 Å².